The normalized spacial score (nSPS) is 12.5. The van der Waals surface area contributed by atoms with Gasteiger partial charge in [-0.25, -0.2) is 0 Å². The highest BCUT2D eigenvalue weighted by molar-refractivity contribution is 7.84. The lowest BCUT2D eigenvalue weighted by molar-refractivity contribution is 0.390. The highest BCUT2D eigenvalue weighted by Gasteiger charge is 1.99. The van der Waals surface area contributed by atoms with Gasteiger partial charge in [0.25, 0.3) is 0 Å². The van der Waals surface area contributed by atoms with E-state index in [1.807, 2.05) is 0 Å². The highest BCUT2D eigenvalue weighted by atomic mass is 32.2. The molecule has 0 amide bonds. The summed E-state index contributed by atoms with van der Waals surface area (Å²) in [5.74, 6) is 0.430. The zero-order chi connectivity index (χ0) is 8.27. The monoisotopic (exact) mass is 172 g/mol. The van der Waals surface area contributed by atoms with Gasteiger partial charge in [0.05, 0.1) is 17.9 Å². The molecule has 1 heterocycles. The molecule has 0 saturated heterocycles. The maximum atomic E-state index is 10.8. The van der Waals surface area contributed by atoms with Gasteiger partial charge in [-0.2, -0.15) is 0 Å². The van der Waals surface area contributed by atoms with E-state index in [9.17, 15) is 4.21 Å². The van der Waals surface area contributed by atoms with Crippen molar-refractivity contribution < 1.29 is 8.95 Å². The number of methoxy groups -OCH3 is 1. The summed E-state index contributed by atoms with van der Waals surface area (Å²) in [5, 5.41) is 7.79. The molecule has 4 nitrogen and oxygen atoms in total. The van der Waals surface area contributed by atoms with Gasteiger partial charge in [-0.1, -0.05) is 0 Å². The molecule has 0 aromatic carbocycles. The summed E-state index contributed by atoms with van der Waals surface area (Å²) in [6, 6.07) is 3.26. The van der Waals surface area contributed by atoms with Crippen molar-refractivity contribution in [2.75, 3.05) is 13.4 Å². The number of aromatic nitrogens is 2. The highest BCUT2D eigenvalue weighted by Crippen LogP contribution is 2.05. The molecule has 0 radical (unpaired) electrons. The van der Waals surface area contributed by atoms with Crippen LogP contribution in [0.15, 0.2) is 17.2 Å². The van der Waals surface area contributed by atoms with Gasteiger partial charge < -0.3 is 4.74 Å². The molecule has 11 heavy (non-hydrogen) atoms. The fourth-order valence-electron chi connectivity index (χ4n) is 0.570. The average Bonchev–Trinajstić information content (AvgIpc) is 2.05. The van der Waals surface area contributed by atoms with E-state index in [-0.39, 0.29) is 0 Å². The first-order chi connectivity index (χ1) is 5.24. The second-order valence-corrected chi connectivity index (χ2v) is 3.19. The SMILES string of the molecule is COc1ccc(S(C)=O)nn1. The summed E-state index contributed by atoms with van der Waals surface area (Å²) >= 11 is 0. The molecule has 1 atom stereocenters. The van der Waals surface area contributed by atoms with Gasteiger partial charge in [-0.15, -0.1) is 10.2 Å². The molecule has 60 valence electrons. The van der Waals surface area contributed by atoms with Gasteiger partial charge in [0, 0.05) is 12.3 Å². The third-order valence-corrected chi connectivity index (χ3v) is 1.93. The minimum Gasteiger partial charge on any atom is -0.480 e. The average molecular weight is 172 g/mol. The summed E-state index contributed by atoms with van der Waals surface area (Å²) in [6.07, 6.45) is 1.55. The predicted molar refractivity (Wildman–Crippen MR) is 40.9 cm³/mol. The van der Waals surface area contributed by atoms with Crippen molar-refractivity contribution in [3.05, 3.63) is 12.1 Å². The van der Waals surface area contributed by atoms with Crippen molar-refractivity contribution in [1.29, 1.82) is 0 Å². The minimum atomic E-state index is -1.07. The first kappa shape index (κ1) is 8.13. The number of rotatable bonds is 2. The van der Waals surface area contributed by atoms with Crippen LogP contribution in [-0.2, 0) is 10.8 Å². The van der Waals surface area contributed by atoms with Crippen LogP contribution in [0.5, 0.6) is 5.88 Å². The largest absolute Gasteiger partial charge is 0.480 e. The van der Waals surface area contributed by atoms with Crippen molar-refractivity contribution in [1.82, 2.24) is 10.2 Å². The molecule has 0 aliphatic heterocycles. The molecule has 1 aromatic heterocycles. The Balaban J connectivity index is 2.91. The Morgan fingerprint density at radius 2 is 2.18 bits per heavy atom. The molecule has 0 N–H and O–H groups in total. The van der Waals surface area contributed by atoms with E-state index in [0.29, 0.717) is 10.9 Å². The molecule has 1 unspecified atom stereocenters. The van der Waals surface area contributed by atoms with Crippen LogP contribution in [0.2, 0.25) is 0 Å². The van der Waals surface area contributed by atoms with Crippen LogP contribution in [0, 0.1) is 0 Å². The van der Waals surface area contributed by atoms with Crippen molar-refractivity contribution in [3.63, 3.8) is 0 Å². The van der Waals surface area contributed by atoms with Gasteiger partial charge in [0.15, 0.2) is 0 Å². The Morgan fingerprint density at radius 1 is 1.45 bits per heavy atom. The van der Waals surface area contributed by atoms with E-state index in [2.05, 4.69) is 10.2 Å². The maximum absolute atomic E-state index is 10.8. The molecule has 0 spiro atoms. The van der Waals surface area contributed by atoms with E-state index in [1.54, 1.807) is 18.4 Å². The molecular formula is C6H8N2O2S. The molecule has 1 aromatic rings. The summed E-state index contributed by atoms with van der Waals surface area (Å²) in [7, 11) is 0.438. The molecular weight excluding hydrogens is 164 g/mol. The zero-order valence-corrected chi connectivity index (χ0v) is 7.09. The second-order valence-electron chi connectivity index (χ2n) is 1.87. The molecule has 0 aliphatic carbocycles. The van der Waals surface area contributed by atoms with Gasteiger partial charge in [-0.05, 0) is 6.07 Å². The second kappa shape index (κ2) is 3.43. The first-order valence-electron chi connectivity index (χ1n) is 2.95. The Morgan fingerprint density at radius 3 is 2.55 bits per heavy atom. The summed E-state index contributed by atoms with van der Waals surface area (Å²) in [6.45, 7) is 0. The van der Waals surface area contributed by atoms with Crippen LogP contribution in [0.4, 0.5) is 0 Å². The standard InChI is InChI=1S/C6H8N2O2S/c1-10-5-3-4-6(8-7-5)11(2)9/h3-4H,1-2H3. The first-order valence-corrected chi connectivity index (χ1v) is 4.51. The fraction of sp³-hybridized carbons (Fsp3) is 0.333. The summed E-state index contributed by atoms with van der Waals surface area (Å²) in [4.78, 5) is 0. The third-order valence-electron chi connectivity index (χ3n) is 1.12. The molecule has 0 bridgehead atoms. The fourth-order valence-corrected chi connectivity index (χ4v) is 0.985. The molecule has 5 heteroatoms. The summed E-state index contributed by atoms with van der Waals surface area (Å²) < 4.78 is 15.6. The smallest absolute Gasteiger partial charge is 0.233 e. The lowest BCUT2D eigenvalue weighted by Gasteiger charge is -1.96. The van der Waals surface area contributed by atoms with Gasteiger partial charge >= 0.3 is 0 Å². The van der Waals surface area contributed by atoms with Crippen LogP contribution in [-0.4, -0.2) is 27.8 Å². The van der Waals surface area contributed by atoms with E-state index in [4.69, 9.17) is 4.74 Å². The Hall–Kier alpha value is -0.970. The summed E-state index contributed by atoms with van der Waals surface area (Å²) in [5.41, 5.74) is 0. The minimum absolute atomic E-state index is 0.430. The van der Waals surface area contributed by atoms with E-state index in [1.165, 1.54) is 7.11 Å². The molecule has 0 aliphatic rings. The van der Waals surface area contributed by atoms with Crippen LogP contribution >= 0.6 is 0 Å². The number of ether oxygens (including phenoxy) is 1. The third kappa shape index (κ3) is 1.98. The molecule has 0 fully saturated rings. The lowest BCUT2D eigenvalue weighted by atomic mass is 10.6. The Bertz CT molecular complexity index is 260. The molecule has 0 saturated carbocycles. The zero-order valence-electron chi connectivity index (χ0n) is 6.27. The van der Waals surface area contributed by atoms with Crippen LogP contribution in [0.25, 0.3) is 0 Å². The van der Waals surface area contributed by atoms with E-state index >= 15 is 0 Å². The quantitative estimate of drug-likeness (QED) is 0.640. The van der Waals surface area contributed by atoms with Gasteiger partial charge in [0.1, 0.15) is 5.03 Å². The van der Waals surface area contributed by atoms with Crippen molar-refractivity contribution in [2.45, 2.75) is 5.03 Å². The number of nitrogens with zero attached hydrogens (tertiary/aromatic N) is 2. The van der Waals surface area contributed by atoms with Crippen LogP contribution in [0.1, 0.15) is 0 Å². The Kier molecular flexibility index (Phi) is 2.53. The van der Waals surface area contributed by atoms with E-state index < -0.39 is 10.8 Å². The van der Waals surface area contributed by atoms with Crippen LogP contribution < -0.4 is 4.74 Å². The molecule has 1 rings (SSSR count). The topological polar surface area (TPSA) is 52.1 Å². The number of hydrogen-bond acceptors (Lipinski definition) is 4. The van der Waals surface area contributed by atoms with Crippen molar-refractivity contribution in [3.8, 4) is 5.88 Å². The van der Waals surface area contributed by atoms with Gasteiger partial charge in [0.2, 0.25) is 5.88 Å². The Labute approximate surface area is 67.1 Å². The van der Waals surface area contributed by atoms with Crippen molar-refractivity contribution in [2.24, 2.45) is 0 Å². The number of hydrogen-bond donors (Lipinski definition) is 0. The van der Waals surface area contributed by atoms with Crippen LogP contribution in [0.3, 0.4) is 0 Å². The predicted octanol–water partition coefficient (Wildman–Crippen LogP) is 0.223. The maximum Gasteiger partial charge on any atom is 0.233 e. The lowest BCUT2D eigenvalue weighted by Crippen LogP contribution is -1.96. The van der Waals surface area contributed by atoms with Gasteiger partial charge in [-0.3, -0.25) is 4.21 Å². The van der Waals surface area contributed by atoms with E-state index in [0.717, 1.165) is 0 Å². The van der Waals surface area contributed by atoms with Crippen molar-refractivity contribution >= 4 is 10.8 Å².